The van der Waals surface area contributed by atoms with E-state index in [4.69, 9.17) is 21.9 Å². The number of benzene rings is 2. The van der Waals surface area contributed by atoms with Gasteiger partial charge >= 0.3 is 6.09 Å². The van der Waals surface area contributed by atoms with Gasteiger partial charge in [0.15, 0.2) is 5.96 Å². The van der Waals surface area contributed by atoms with E-state index >= 15 is 0 Å². The van der Waals surface area contributed by atoms with Crippen molar-refractivity contribution in [1.82, 2.24) is 15.6 Å². The Morgan fingerprint density at radius 1 is 1.00 bits per heavy atom. The van der Waals surface area contributed by atoms with Gasteiger partial charge in [-0.1, -0.05) is 60.7 Å². The van der Waals surface area contributed by atoms with Crippen molar-refractivity contribution in [1.29, 1.82) is 0 Å². The van der Waals surface area contributed by atoms with Crippen LogP contribution in [0.2, 0.25) is 0 Å². The number of ether oxygens (including phenoxy) is 1. The van der Waals surface area contributed by atoms with Crippen molar-refractivity contribution >= 4 is 35.2 Å². The zero-order chi connectivity index (χ0) is 27.3. The number of hydrogen-bond donors (Lipinski definition) is 5. The number of primary amides is 1. The number of carbonyl (C=O) groups excluding carboxylic acids is 3. The summed E-state index contributed by atoms with van der Waals surface area (Å²) in [6.45, 7) is 0.535. The van der Waals surface area contributed by atoms with Crippen LogP contribution >= 0.6 is 11.3 Å². The lowest BCUT2D eigenvalue weighted by molar-refractivity contribution is -0.120. The summed E-state index contributed by atoms with van der Waals surface area (Å²) < 4.78 is 5.10. The Bertz CT molecular complexity index is 1230. The number of rotatable bonds is 12. The molecule has 0 radical (unpaired) electrons. The molecule has 0 spiro atoms. The van der Waals surface area contributed by atoms with Crippen LogP contribution in [0.5, 0.6) is 0 Å². The molecule has 2 atom stereocenters. The molecule has 0 aliphatic rings. The number of alkyl carbamates (subject to hydrolysis) is 1. The second kappa shape index (κ2) is 14.4. The summed E-state index contributed by atoms with van der Waals surface area (Å²) in [6, 6.07) is 16.7. The highest BCUT2D eigenvalue weighted by atomic mass is 32.1. The second-order valence-electron chi connectivity index (χ2n) is 8.35. The van der Waals surface area contributed by atoms with Crippen LogP contribution in [0.15, 0.2) is 71.0 Å². The van der Waals surface area contributed by atoms with Crippen molar-refractivity contribution in [3.63, 3.8) is 0 Å². The molecule has 0 saturated carbocycles. The molecule has 11 nitrogen and oxygen atoms in total. The molecule has 1 aromatic heterocycles. The van der Waals surface area contributed by atoms with Gasteiger partial charge < -0.3 is 27.3 Å². The van der Waals surface area contributed by atoms with Gasteiger partial charge in [-0.05, 0) is 30.4 Å². The molecule has 8 N–H and O–H groups in total. The second-order valence-corrected chi connectivity index (χ2v) is 9.24. The highest BCUT2D eigenvalue weighted by Crippen LogP contribution is 2.22. The Morgan fingerprint density at radius 3 is 2.37 bits per heavy atom. The lowest BCUT2D eigenvalue weighted by Crippen LogP contribution is -2.37. The minimum absolute atomic E-state index is 0.0206. The molecule has 200 valence electrons. The van der Waals surface area contributed by atoms with Crippen molar-refractivity contribution in [3.8, 4) is 0 Å². The zero-order valence-electron chi connectivity index (χ0n) is 20.7. The fourth-order valence-corrected chi connectivity index (χ4v) is 4.27. The highest BCUT2D eigenvalue weighted by Gasteiger charge is 2.23. The molecule has 2 aromatic carbocycles. The Balaban J connectivity index is 1.38. The standard InChI is InChI=1S/C26H31N7O4S/c27-19(13-7-8-14-30-25(29)33-26(36)37-15-17-9-3-1-4-10-17)24-31-20(16-38-24)23(35)32-21(22(28)34)18-11-5-2-6-12-18/h1-6,9-12,16,19,21H,7-8,13-15,27H2,(H2,28,34)(H,32,35)(H3,29,30,33,36). The molecule has 1 heterocycles. The highest BCUT2D eigenvalue weighted by molar-refractivity contribution is 7.09. The van der Waals surface area contributed by atoms with E-state index in [1.54, 1.807) is 35.7 Å². The molecule has 12 heteroatoms. The lowest BCUT2D eigenvalue weighted by Gasteiger charge is -2.15. The molecule has 3 rings (SSSR count). The fourth-order valence-electron chi connectivity index (χ4n) is 3.43. The Kier molecular flexibility index (Phi) is 10.8. The van der Waals surface area contributed by atoms with Gasteiger partial charge in [0.05, 0.1) is 6.04 Å². The smallest absolute Gasteiger partial charge is 0.414 e. The van der Waals surface area contributed by atoms with Crippen LogP contribution in [-0.2, 0) is 16.1 Å². The van der Waals surface area contributed by atoms with Crippen LogP contribution in [-0.4, -0.2) is 35.4 Å². The number of aliphatic imine (C=N–C) groups is 1. The summed E-state index contributed by atoms with van der Waals surface area (Å²) in [5.41, 5.74) is 19.1. The van der Waals surface area contributed by atoms with Crippen LogP contribution in [0.1, 0.15) is 58.0 Å². The lowest BCUT2D eigenvalue weighted by atomic mass is 10.1. The van der Waals surface area contributed by atoms with Crippen LogP contribution in [0.4, 0.5) is 4.79 Å². The largest absolute Gasteiger partial charge is 0.444 e. The normalized spacial score (nSPS) is 12.8. The van der Waals surface area contributed by atoms with E-state index in [0.29, 0.717) is 30.0 Å². The summed E-state index contributed by atoms with van der Waals surface area (Å²) >= 11 is 1.27. The number of thiazole rings is 1. The minimum atomic E-state index is -0.962. The number of hydrogen-bond acceptors (Lipinski definition) is 8. The monoisotopic (exact) mass is 537 g/mol. The van der Waals surface area contributed by atoms with Crippen LogP contribution in [0, 0.1) is 0 Å². The van der Waals surface area contributed by atoms with Crippen LogP contribution < -0.4 is 27.8 Å². The molecule has 0 aliphatic carbocycles. The zero-order valence-corrected chi connectivity index (χ0v) is 21.5. The van der Waals surface area contributed by atoms with Crippen molar-refractivity contribution in [3.05, 3.63) is 87.9 Å². The maximum absolute atomic E-state index is 12.6. The summed E-state index contributed by atoms with van der Waals surface area (Å²) in [5.74, 6) is -1.20. The van der Waals surface area contributed by atoms with Gasteiger partial charge in [-0.3, -0.25) is 19.9 Å². The summed E-state index contributed by atoms with van der Waals surface area (Å²) in [4.78, 5) is 44.8. The van der Waals surface area contributed by atoms with E-state index in [1.807, 2.05) is 30.3 Å². The minimum Gasteiger partial charge on any atom is -0.444 e. The Hall–Kier alpha value is -4.29. The van der Waals surface area contributed by atoms with Gasteiger partial charge in [0.1, 0.15) is 23.4 Å². The van der Waals surface area contributed by atoms with Gasteiger partial charge in [0.2, 0.25) is 5.91 Å². The molecule has 0 bridgehead atoms. The third-order valence-corrected chi connectivity index (χ3v) is 6.39. The third-order valence-electron chi connectivity index (χ3n) is 5.41. The molecule has 0 aliphatic heterocycles. The van der Waals surface area contributed by atoms with Crippen molar-refractivity contribution in [2.45, 2.75) is 38.0 Å². The number of aromatic nitrogens is 1. The van der Waals surface area contributed by atoms with E-state index < -0.39 is 23.9 Å². The van der Waals surface area contributed by atoms with E-state index in [-0.39, 0.29) is 24.3 Å². The first-order chi connectivity index (χ1) is 18.3. The van der Waals surface area contributed by atoms with E-state index in [2.05, 4.69) is 20.6 Å². The van der Waals surface area contributed by atoms with Crippen molar-refractivity contribution < 1.29 is 19.1 Å². The molecule has 3 aromatic rings. The van der Waals surface area contributed by atoms with Crippen molar-refractivity contribution in [2.24, 2.45) is 22.2 Å². The van der Waals surface area contributed by atoms with E-state index in [0.717, 1.165) is 12.0 Å². The van der Waals surface area contributed by atoms with Gasteiger partial charge in [-0.2, -0.15) is 0 Å². The Labute approximate surface area is 224 Å². The first-order valence-corrected chi connectivity index (χ1v) is 12.8. The van der Waals surface area contributed by atoms with Crippen molar-refractivity contribution in [2.75, 3.05) is 6.54 Å². The topological polar surface area (TPSA) is 188 Å². The van der Waals surface area contributed by atoms with Gasteiger partial charge in [0, 0.05) is 11.9 Å². The number of carbonyl (C=O) groups is 3. The summed E-state index contributed by atoms with van der Waals surface area (Å²) in [7, 11) is 0. The quantitative estimate of drug-likeness (QED) is 0.133. The van der Waals surface area contributed by atoms with Crippen LogP contribution in [0.25, 0.3) is 0 Å². The average molecular weight is 538 g/mol. The maximum atomic E-state index is 12.6. The molecular weight excluding hydrogens is 506 g/mol. The maximum Gasteiger partial charge on any atom is 0.414 e. The van der Waals surface area contributed by atoms with E-state index in [9.17, 15) is 14.4 Å². The number of nitrogens with two attached hydrogens (primary N) is 3. The van der Waals surface area contributed by atoms with Gasteiger partial charge in [0.25, 0.3) is 5.91 Å². The fraction of sp³-hybridized carbons (Fsp3) is 0.269. The number of amides is 3. The number of unbranched alkanes of at least 4 members (excludes halogenated alkanes) is 1. The molecule has 38 heavy (non-hydrogen) atoms. The molecule has 0 fully saturated rings. The predicted molar refractivity (Wildman–Crippen MR) is 145 cm³/mol. The summed E-state index contributed by atoms with van der Waals surface area (Å²) in [5, 5.41) is 7.22. The van der Waals surface area contributed by atoms with Gasteiger partial charge in [-0.25, -0.2) is 9.78 Å². The number of nitrogens with zero attached hydrogens (tertiary/aromatic N) is 2. The Morgan fingerprint density at radius 2 is 1.68 bits per heavy atom. The molecule has 2 unspecified atom stereocenters. The predicted octanol–water partition coefficient (Wildman–Crippen LogP) is 2.51. The van der Waals surface area contributed by atoms with Gasteiger partial charge in [-0.15, -0.1) is 11.3 Å². The third kappa shape index (κ3) is 8.98. The number of nitrogens with one attached hydrogen (secondary N) is 2. The first kappa shape index (κ1) is 28.3. The number of guanidine groups is 1. The van der Waals surface area contributed by atoms with Crippen LogP contribution in [0.3, 0.4) is 0 Å². The molecular formula is C26H31N7O4S. The molecule has 3 amide bonds. The first-order valence-electron chi connectivity index (χ1n) is 12.0. The SMILES string of the molecule is NC(=O)C(NC(=O)c1csc(C(N)CCCCN=C(N)NC(=O)OCc2ccccc2)n1)c1ccccc1. The molecule has 0 saturated heterocycles. The summed E-state index contributed by atoms with van der Waals surface area (Å²) in [6.07, 6.45) is 1.36. The van der Waals surface area contributed by atoms with E-state index in [1.165, 1.54) is 11.3 Å². The average Bonchev–Trinajstić information content (AvgIpc) is 3.42.